The molecule has 7 nitrogen and oxygen atoms in total. The van der Waals surface area contributed by atoms with Crippen molar-refractivity contribution in [1.29, 1.82) is 0 Å². The lowest BCUT2D eigenvalue weighted by Gasteiger charge is -2.36. The lowest BCUT2D eigenvalue weighted by molar-refractivity contribution is -0.128. The molecule has 2 aliphatic heterocycles. The van der Waals surface area contributed by atoms with Crippen LogP contribution in [-0.2, 0) is 19.9 Å². The molecule has 2 amide bonds. The van der Waals surface area contributed by atoms with Gasteiger partial charge in [-0.2, -0.15) is 0 Å². The van der Waals surface area contributed by atoms with Gasteiger partial charge in [0.15, 0.2) is 0 Å². The smallest absolute Gasteiger partial charge is 0.339 e. The van der Waals surface area contributed by atoms with Crippen molar-refractivity contribution in [2.24, 2.45) is 5.92 Å². The van der Waals surface area contributed by atoms with Gasteiger partial charge in [-0.1, -0.05) is 6.07 Å². The van der Waals surface area contributed by atoms with Crippen molar-refractivity contribution >= 4 is 23.5 Å². The molecule has 1 saturated heterocycles. The van der Waals surface area contributed by atoms with Crippen LogP contribution >= 0.6 is 0 Å². The van der Waals surface area contributed by atoms with Crippen LogP contribution in [-0.4, -0.2) is 35.4 Å². The van der Waals surface area contributed by atoms with E-state index < -0.39 is 11.4 Å². The molecule has 1 spiro atoms. The van der Waals surface area contributed by atoms with E-state index in [1.54, 1.807) is 30.6 Å². The zero-order chi connectivity index (χ0) is 21.6. The van der Waals surface area contributed by atoms with Crippen molar-refractivity contribution in [2.75, 3.05) is 11.4 Å². The molecular weight excluding hydrogens is 401 g/mol. The fourth-order valence-corrected chi connectivity index (χ4v) is 4.96. The summed E-state index contributed by atoms with van der Waals surface area (Å²) in [5.74, 6) is -1.17. The maximum absolute atomic E-state index is 13.5. The number of anilines is 1. The molecule has 1 N–H and O–H groups in total. The molecule has 5 rings (SSSR count). The Bertz CT molecular complexity index is 1060. The lowest BCUT2D eigenvalue weighted by Crippen LogP contribution is -2.43. The van der Waals surface area contributed by atoms with Gasteiger partial charge in [0.2, 0.25) is 11.8 Å². The summed E-state index contributed by atoms with van der Waals surface area (Å²) in [6.07, 6.45) is 5.75. The zero-order valence-corrected chi connectivity index (χ0v) is 16.8. The minimum atomic E-state index is -0.686. The van der Waals surface area contributed by atoms with Crippen LogP contribution in [0.25, 0.3) is 0 Å². The Morgan fingerprint density at radius 1 is 1.23 bits per heavy atom. The maximum Gasteiger partial charge on any atom is 0.339 e. The molecule has 8 heteroatoms. The Morgan fingerprint density at radius 2 is 2.03 bits per heavy atom. The van der Waals surface area contributed by atoms with Gasteiger partial charge in [-0.25, -0.2) is 9.18 Å². The number of halogens is 1. The van der Waals surface area contributed by atoms with E-state index in [0.29, 0.717) is 43.5 Å². The molecule has 31 heavy (non-hydrogen) atoms. The summed E-state index contributed by atoms with van der Waals surface area (Å²) in [4.78, 5) is 43.1. The summed E-state index contributed by atoms with van der Waals surface area (Å²) >= 11 is 0. The molecule has 3 heterocycles. The van der Waals surface area contributed by atoms with Gasteiger partial charge < -0.3 is 15.0 Å². The number of esters is 1. The van der Waals surface area contributed by atoms with E-state index in [1.165, 1.54) is 17.0 Å². The van der Waals surface area contributed by atoms with E-state index in [4.69, 9.17) is 4.74 Å². The number of pyridine rings is 1. The first-order chi connectivity index (χ1) is 14.9. The van der Waals surface area contributed by atoms with Gasteiger partial charge >= 0.3 is 5.97 Å². The average Bonchev–Trinajstić information content (AvgIpc) is 3.26. The molecule has 1 aromatic carbocycles. The van der Waals surface area contributed by atoms with E-state index in [0.717, 1.165) is 5.56 Å². The minimum Gasteiger partial charge on any atom is -0.450 e. The van der Waals surface area contributed by atoms with Crippen molar-refractivity contribution < 1.29 is 23.5 Å². The predicted molar refractivity (Wildman–Crippen MR) is 109 cm³/mol. The standard InChI is InChI=1S/C23H22FN3O4/c24-15-2-1-3-17(10-15)27-13-16(11-20(27)28)26-21(29)14-4-7-23(8-5-14)19-12-25-9-6-18(19)22(30)31-23/h1-3,6,9-10,12,14,16H,4-5,7-8,11,13H2,(H,26,29). The van der Waals surface area contributed by atoms with E-state index in [2.05, 4.69) is 10.3 Å². The third kappa shape index (κ3) is 3.45. The third-order valence-corrected chi connectivity index (χ3v) is 6.58. The highest BCUT2D eigenvalue weighted by atomic mass is 19.1. The van der Waals surface area contributed by atoms with Crippen molar-refractivity contribution in [3.63, 3.8) is 0 Å². The number of hydrogen-bond acceptors (Lipinski definition) is 5. The quantitative estimate of drug-likeness (QED) is 0.767. The van der Waals surface area contributed by atoms with Crippen molar-refractivity contribution in [3.8, 4) is 0 Å². The van der Waals surface area contributed by atoms with Gasteiger partial charge in [-0.3, -0.25) is 14.6 Å². The third-order valence-electron chi connectivity index (χ3n) is 6.58. The number of aromatic nitrogens is 1. The number of hydrogen-bond donors (Lipinski definition) is 1. The summed E-state index contributed by atoms with van der Waals surface area (Å²) in [7, 11) is 0. The van der Waals surface area contributed by atoms with E-state index >= 15 is 0 Å². The van der Waals surface area contributed by atoms with Crippen LogP contribution in [0.1, 0.15) is 48.0 Å². The average molecular weight is 423 g/mol. The number of carbonyl (C=O) groups excluding carboxylic acids is 3. The number of nitrogens with one attached hydrogen (secondary N) is 1. The monoisotopic (exact) mass is 423 g/mol. The van der Waals surface area contributed by atoms with Gasteiger partial charge in [0.1, 0.15) is 11.4 Å². The predicted octanol–water partition coefficient (Wildman–Crippen LogP) is 2.70. The molecule has 1 atom stereocenters. The normalized spacial score (nSPS) is 27.3. The SMILES string of the molecule is O=C1OC2(CCC(C(=O)NC3CC(=O)N(c4cccc(F)c4)C3)CC2)c2cnccc21. The number of carbonyl (C=O) groups is 3. The molecular formula is C23H22FN3O4. The van der Waals surface area contributed by atoms with Crippen molar-refractivity contribution in [1.82, 2.24) is 10.3 Å². The van der Waals surface area contributed by atoms with Crippen molar-refractivity contribution in [3.05, 3.63) is 59.7 Å². The first kappa shape index (κ1) is 19.7. The molecule has 2 aromatic rings. The number of ether oxygens (including phenoxy) is 1. The first-order valence-corrected chi connectivity index (χ1v) is 10.5. The topological polar surface area (TPSA) is 88.6 Å². The van der Waals surface area contributed by atoms with Gasteiger partial charge in [-0.15, -0.1) is 0 Å². The van der Waals surface area contributed by atoms with Gasteiger partial charge in [-0.05, 0) is 49.9 Å². The van der Waals surface area contributed by atoms with E-state index in [9.17, 15) is 18.8 Å². The van der Waals surface area contributed by atoms with Crippen LogP contribution in [0.3, 0.4) is 0 Å². The summed E-state index contributed by atoms with van der Waals surface area (Å²) in [5.41, 5.74) is 1.18. The lowest BCUT2D eigenvalue weighted by atomic mass is 9.75. The summed E-state index contributed by atoms with van der Waals surface area (Å²) < 4.78 is 19.2. The highest BCUT2D eigenvalue weighted by Gasteiger charge is 2.48. The zero-order valence-electron chi connectivity index (χ0n) is 16.8. The Balaban J connectivity index is 1.20. The number of rotatable bonds is 3. The molecule has 0 radical (unpaired) electrons. The molecule has 2 fully saturated rings. The Labute approximate surface area is 178 Å². The largest absolute Gasteiger partial charge is 0.450 e. The molecule has 1 aliphatic carbocycles. The Hall–Kier alpha value is -3.29. The van der Waals surface area contributed by atoms with Crippen LogP contribution in [0.4, 0.5) is 10.1 Å². The number of amides is 2. The van der Waals surface area contributed by atoms with Crippen LogP contribution in [0.2, 0.25) is 0 Å². The molecule has 0 bridgehead atoms. The second kappa shape index (κ2) is 7.44. The molecule has 1 saturated carbocycles. The van der Waals surface area contributed by atoms with E-state index in [-0.39, 0.29) is 36.2 Å². The Kier molecular flexibility index (Phi) is 4.72. The molecule has 160 valence electrons. The summed E-state index contributed by atoms with van der Waals surface area (Å²) in [6, 6.07) is 7.25. The second-order valence-electron chi connectivity index (χ2n) is 8.47. The highest BCUT2D eigenvalue weighted by Crippen LogP contribution is 2.47. The molecule has 1 unspecified atom stereocenters. The maximum atomic E-state index is 13.5. The van der Waals surface area contributed by atoms with Crippen LogP contribution in [0.15, 0.2) is 42.7 Å². The first-order valence-electron chi connectivity index (χ1n) is 10.5. The van der Waals surface area contributed by atoms with Crippen LogP contribution in [0.5, 0.6) is 0 Å². The van der Waals surface area contributed by atoms with Gasteiger partial charge in [0, 0.05) is 42.5 Å². The number of nitrogens with zero attached hydrogens (tertiary/aromatic N) is 2. The fraction of sp³-hybridized carbons (Fsp3) is 0.391. The second-order valence-corrected chi connectivity index (χ2v) is 8.47. The number of fused-ring (bicyclic) bond motifs is 2. The van der Waals surface area contributed by atoms with Crippen LogP contribution < -0.4 is 10.2 Å². The molecule has 1 aromatic heterocycles. The fourth-order valence-electron chi connectivity index (χ4n) is 4.96. The minimum absolute atomic E-state index is 0.0931. The number of benzene rings is 1. The van der Waals surface area contributed by atoms with E-state index in [1.807, 2.05) is 0 Å². The van der Waals surface area contributed by atoms with Gasteiger partial charge in [0.05, 0.1) is 11.6 Å². The Morgan fingerprint density at radius 3 is 2.81 bits per heavy atom. The summed E-state index contributed by atoms with van der Waals surface area (Å²) in [5, 5.41) is 2.99. The highest BCUT2D eigenvalue weighted by molar-refractivity contribution is 5.97. The van der Waals surface area contributed by atoms with Gasteiger partial charge in [0.25, 0.3) is 0 Å². The van der Waals surface area contributed by atoms with Crippen molar-refractivity contribution in [2.45, 2.75) is 43.7 Å². The van der Waals surface area contributed by atoms with Crippen LogP contribution in [0, 0.1) is 11.7 Å². The summed E-state index contributed by atoms with van der Waals surface area (Å²) in [6.45, 7) is 0.321. The molecule has 3 aliphatic rings.